The molecule has 1 rings (SSSR count). The van der Waals surface area contributed by atoms with Gasteiger partial charge in [0.15, 0.2) is 0 Å². The molecular weight excluding hydrogens is 174 g/mol. The van der Waals surface area contributed by atoms with Gasteiger partial charge in [-0.05, 0) is 39.4 Å². The first-order chi connectivity index (χ1) is 6.76. The van der Waals surface area contributed by atoms with Gasteiger partial charge in [-0.1, -0.05) is 6.92 Å². The Hall–Kier alpha value is -0.960. The second-order valence-corrected chi connectivity index (χ2v) is 3.48. The molecule has 1 N–H and O–H groups in total. The highest BCUT2D eigenvalue weighted by Gasteiger charge is 2.00. The zero-order chi connectivity index (χ0) is 10.4. The molecule has 0 aromatic carbocycles. The molecule has 0 bridgehead atoms. The van der Waals surface area contributed by atoms with Crippen LogP contribution >= 0.6 is 0 Å². The highest BCUT2D eigenvalue weighted by molar-refractivity contribution is 5.09. The van der Waals surface area contributed by atoms with Crippen molar-refractivity contribution in [3.05, 3.63) is 23.3 Å². The smallest absolute Gasteiger partial charge is 0.128 e. The molecule has 0 aliphatic carbocycles. The summed E-state index contributed by atoms with van der Waals surface area (Å²) >= 11 is 0. The Bertz CT molecular complexity index is 284. The molecule has 0 atom stereocenters. The van der Waals surface area contributed by atoms with Gasteiger partial charge >= 0.3 is 0 Å². The highest BCUT2D eigenvalue weighted by atomic mass is 14.9. The molecule has 1 aromatic rings. The van der Waals surface area contributed by atoms with Crippen molar-refractivity contribution in [1.29, 1.82) is 0 Å². The minimum atomic E-state index is 0.968. The van der Waals surface area contributed by atoms with Gasteiger partial charge in [-0.3, -0.25) is 0 Å². The van der Waals surface area contributed by atoms with Gasteiger partial charge in [0.1, 0.15) is 5.82 Å². The minimum absolute atomic E-state index is 0.968. The molecule has 0 saturated carbocycles. The lowest BCUT2D eigenvalue weighted by molar-refractivity contribution is 0.696. The van der Waals surface area contributed by atoms with Crippen molar-refractivity contribution in [2.45, 2.75) is 33.1 Å². The van der Waals surface area contributed by atoms with Crippen molar-refractivity contribution < 1.29 is 0 Å². The summed E-state index contributed by atoms with van der Waals surface area (Å²) in [6.45, 7) is 5.18. The molecule has 0 amide bonds. The fraction of sp³-hybridized carbons (Fsp3) is 0.636. The Morgan fingerprint density at radius 3 is 2.79 bits per heavy atom. The molecule has 0 radical (unpaired) electrons. The third kappa shape index (κ3) is 3.42. The van der Waals surface area contributed by atoms with Crippen LogP contribution in [0, 0.1) is 6.92 Å². The Kier molecular flexibility index (Phi) is 4.53. The van der Waals surface area contributed by atoms with E-state index in [0.29, 0.717) is 0 Å². The first-order valence-electron chi connectivity index (χ1n) is 5.24. The van der Waals surface area contributed by atoms with Crippen molar-refractivity contribution >= 4 is 0 Å². The Labute approximate surface area is 86.0 Å². The van der Waals surface area contributed by atoms with Gasteiger partial charge < -0.3 is 5.32 Å². The molecule has 0 saturated heterocycles. The van der Waals surface area contributed by atoms with Crippen LogP contribution < -0.4 is 5.32 Å². The molecular formula is C11H19N3. The quantitative estimate of drug-likeness (QED) is 0.720. The highest BCUT2D eigenvalue weighted by Crippen LogP contribution is 2.03. The topological polar surface area (TPSA) is 37.8 Å². The summed E-state index contributed by atoms with van der Waals surface area (Å²) in [7, 11) is 1.97. The third-order valence-corrected chi connectivity index (χ3v) is 2.14. The molecule has 0 unspecified atom stereocenters. The number of nitrogens with one attached hydrogen (secondary N) is 1. The largest absolute Gasteiger partial charge is 0.320 e. The van der Waals surface area contributed by atoms with Gasteiger partial charge in [0, 0.05) is 17.8 Å². The molecule has 1 aromatic heterocycles. The monoisotopic (exact) mass is 193 g/mol. The van der Waals surface area contributed by atoms with Crippen LogP contribution in [0.2, 0.25) is 0 Å². The summed E-state index contributed by atoms with van der Waals surface area (Å²) in [5, 5.41) is 3.13. The minimum Gasteiger partial charge on any atom is -0.320 e. The SMILES string of the molecule is CCc1cc(C)nc(CCCNC)n1. The normalized spacial score (nSPS) is 10.5. The van der Waals surface area contributed by atoms with E-state index in [0.717, 1.165) is 43.0 Å². The maximum Gasteiger partial charge on any atom is 0.128 e. The zero-order valence-electron chi connectivity index (χ0n) is 9.30. The molecule has 3 heteroatoms. The van der Waals surface area contributed by atoms with E-state index in [2.05, 4.69) is 28.3 Å². The fourth-order valence-electron chi connectivity index (χ4n) is 1.42. The van der Waals surface area contributed by atoms with Gasteiger partial charge in [0.05, 0.1) is 0 Å². The van der Waals surface area contributed by atoms with E-state index >= 15 is 0 Å². The van der Waals surface area contributed by atoms with Crippen LogP contribution in [-0.4, -0.2) is 23.6 Å². The summed E-state index contributed by atoms with van der Waals surface area (Å²) in [4.78, 5) is 8.90. The number of nitrogens with zero attached hydrogens (tertiary/aromatic N) is 2. The molecule has 0 fully saturated rings. The predicted molar refractivity (Wildman–Crippen MR) is 58.4 cm³/mol. The van der Waals surface area contributed by atoms with Gasteiger partial charge in [-0.2, -0.15) is 0 Å². The lowest BCUT2D eigenvalue weighted by atomic mass is 10.2. The van der Waals surface area contributed by atoms with Gasteiger partial charge in [0.2, 0.25) is 0 Å². The van der Waals surface area contributed by atoms with Gasteiger partial charge in [-0.25, -0.2) is 9.97 Å². The molecule has 1 heterocycles. The number of rotatable bonds is 5. The van der Waals surface area contributed by atoms with E-state index in [9.17, 15) is 0 Å². The van der Waals surface area contributed by atoms with E-state index in [1.54, 1.807) is 0 Å². The van der Waals surface area contributed by atoms with Crippen molar-refractivity contribution in [3.8, 4) is 0 Å². The Balaban J connectivity index is 2.62. The van der Waals surface area contributed by atoms with Crippen LogP contribution in [0.5, 0.6) is 0 Å². The molecule has 3 nitrogen and oxygen atoms in total. The van der Waals surface area contributed by atoms with Crippen molar-refractivity contribution in [2.75, 3.05) is 13.6 Å². The van der Waals surface area contributed by atoms with Crippen LogP contribution in [0.15, 0.2) is 6.07 Å². The van der Waals surface area contributed by atoms with Crippen LogP contribution in [0.4, 0.5) is 0 Å². The number of hydrogen-bond acceptors (Lipinski definition) is 3. The molecule has 78 valence electrons. The molecule has 0 aliphatic heterocycles. The first kappa shape index (κ1) is 11.1. The first-order valence-corrected chi connectivity index (χ1v) is 5.24. The third-order valence-electron chi connectivity index (χ3n) is 2.14. The number of hydrogen-bond donors (Lipinski definition) is 1. The van der Waals surface area contributed by atoms with E-state index in [-0.39, 0.29) is 0 Å². The van der Waals surface area contributed by atoms with Crippen molar-refractivity contribution in [3.63, 3.8) is 0 Å². The average Bonchev–Trinajstić information content (AvgIpc) is 2.17. The van der Waals surface area contributed by atoms with Crippen molar-refractivity contribution in [2.24, 2.45) is 0 Å². The zero-order valence-corrected chi connectivity index (χ0v) is 9.30. The summed E-state index contributed by atoms with van der Waals surface area (Å²) < 4.78 is 0. The second-order valence-electron chi connectivity index (χ2n) is 3.48. The maximum atomic E-state index is 4.48. The van der Waals surface area contributed by atoms with Crippen LogP contribution in [0.3, 0.4) is 0 Å². The summed E-state index contributed by atoms with van der Waals surface area (Å²) in [5.41, 5.74) is 2.23. The average molecular weight is 193 g/mol. The number of aryl methyl sites for hydroxylation is 3. The second kappa shape index (κ2) is 5.70. The lowest BCUT2D eigenvalue weighted by Crippen LogP contribution is -2.10. The van der Waals surface area contributed by atoms with Crippen LogP contribution in [0.25, 0.3) is 0 Å². The van der Waals surface area contributed by atoms with E-state index in [4.69, 9.17) is 0 Å². The van der Waals surface area contributed by atoms with E-state index < -0.39 is 0 Å². The predicted octanol–water partition coefficient (Wildman–Crippen LogP) is 1.50. The molecule has 14 heavy (non-hydrogen) atoms. The Morgan fingerprint density at radius 1 is 1.36 bits per heavy atom. The van der Waals surface area contributed by atoms with Crippen LogP contribution in [0.1, 0.15) is 30.6 Å². The fourth-order valence-corrected chi connectivity index (χ4v) is 1.42. The lowest BCUT2D eigenvalue weighted by Gasteiger charge is -2.04. The van der Waals surface area contributed by atoms with Crippen LogP contribution in [-0.2, 0) is 12.8 Å². The number of aromatic nitrogens is 2. The summed E-state index contributed by atoms with van der Waals surface area (Å²) in [5.74, 6) is 0.983. The van der Waals surface area contributed by atoms with E-state index in [1.165, 1.54) is 0 Å². The maximum absolute atomic E-state index is 4.48. The summed E-state index contributed by atoms with van der Waals surface area (Å²) in [6.07, 6.45) is 3.06. The molecule has 0 aliphatic rings. The van der Waals surface area contributed by atoms with Gasteiger partial charge in [0.25, 0.3) is 0 Å². The molecule has 0 spiro atoms. The van der Waals surface area contributed by atoms with Gasteiger partial charge in [-0.15, -0.1) is 0 Å². The van der Waals surface area contributed by atoms with Crippen molar-refractivity contribution in [1.82, 2.24) is 15.3 Å². The van der Waals surface area contributed by atoms with E-state index in [1.807, 2.05) is 14.0 Å². The standard InChI is InChI=1S/C11H19N3/c1-4-10-8-9(2)13-11(14-10)6-5-7-12-3/h8,12H,4-7H2,1-3H3. The Morgan fingerprint density at radius 2 is 2.14 bits per heavy atom. The summed E-state index contributed by atoms with van der Waals surface area (Å²) in [6, 6.07) is 2.06.